The van der Waals surface area contributed by atoms with Gasteiger partial charge in [-0.3, -0.25) is 0 Å². The van der Waals surface area contributed by atoms with Crippen molar-refractivity contribution < 1.29 is 4.74 Å². The monoisotopic (exact) mass is 260 g/mol. The van der Waals surface area contributed by atoms with Gasteiger partial charge in [0.15, 0.2) is 5.15 Å². The van der Waals surface area contributed by atoms with Gasteiger partial charge in [-0.05, 0) is 54.7 Å². The quantitative estimate of drug-likeness (QED) is 0.850. The van der Waals surface area contributed by atoms with Crippen LogP contribution in [0, 0.1) is 0 Å². The van der Waals surface area contributed by atoms with Gasteiger partial charge in [-0.15, -0.1) is 5.10 Å². The summed E-state index contributed by atoms with van der Waals surface area (Å²) in [4.78, 5) is 0. The SMILES string of the molecule is Clc1ccc(COc2ccc3c(c2)CCC3)nn1. The first kappa shape index (κ1) is 11.5. The van der Waals surface area contributed by atoms with Gasteiger partial charge in [0.05, 0.1) is 0 Å². The molecule has 0 saturated carbocycles. The Morgan fingerprint density at radius 3 is 2.78 bits per heavy atom. The number of aromatic nitrogens is 2. The maximum atomic E-state index is 5.71. The third-order valence-electron chi connectivity index (χ3n) is 3.14. The Labute approximate surface area is 111 Å². The van der Waals surface area contributed by atoms with Crippen molar-refractivity contribution in [3.05, 3.63) is 52.3 Å². The number of nitrogens with zero attached hydrogens (tertiary/aromatic N) is 2. The van der Waals surface area contributed by atoms with Crippen molar-refractivity contribution in [2.75, 3.05) is 0 Å². The highest BCUT2D eigenvalue weighted by molar-refractivity contribution is 6.29. The van der Waals surface area contributed by atoms with Crippen molar-refractivity contribution in [3.63, 3.8) is 0 Å². The molecular formula is C14H13ClN2O. The zero-order valence-corrected chi connectivity index (χ0v) is 10.7. The lowest BCUT2D eigenvalue weighted by Gasteiger charge is -2.07. The molecule has 0 N–H and O–H groups in total. The summed E-state index contributed by atoms with van der Waals surface area (Å²) < 4.78 is 5.71. The summed E-state index contributed by atoms with van der Waals surface area (Å²) in [5.41, 5.74) is 3.64. The summed E-state index contributed by atoms with van der Waals surface area (Å²) in [5, 5.41) is 8.14. The molecular weight excluding hydrogens is 248 g/mol. The second-order valence-corrected chi connectivity index (χ2v) is 4.81. The number of aryl methyl sites for hydroxylation is 2. The van der Waals surface area contributed by atoms with Crippen molar-refractivity contribution in [1.29, 1.82) is 0 Å². The Balaban J connectivity index is 1.68. The molecule has 4 heteroatoms. The van der Waals surface area contributed by atoms with Crippen LogP contribution in [0.4, 0.5) is 0 Å². The molecule has 92 valence electrons. The van der Waals surface area contributed by atoms with E-state index in [9.17, 15) is 0 Å². The second-order valence-electron chi connectivity index (χ2n) is 4.42. The molecule has 0 bridgehead atoms. The summed E-state index contributed by atoms with van der Waals surface area (Å²) in [6.45, 7) is 0.420. The van der Waals surface area contributed by atoms with Crippen LogP contribution >= 0.6 is 11.6 Å². The Hall–Kier alpha value is -1.61. The molecule has 3 rings (SSSR count). The summed E-state index contributed by atoms with van der Waals surface area (Å²) in [6.07, 6.45) is 3.60. The molecule has 1 aliphatic carbocycles. The van der Waals surface area contributed by atoms with E-state index in [1.807, 2.05) is 12.1 Å². The third-order valence-corrected chi connectivity index (χ3v) is 3.35. The van der Waals surface area contributed by atoms with E-state index in [1.54, 1.807) is 6.07 Å². The summed E-state index contributed by atoms with van der Waals surface area (Å²) in [6, 6.07) is 9.85. The van der Waals surface area contributed by atoms with E-state index in [0.717, 1.165) is 17.9 Å². The van der Waals surface area contributed by atoms with Crippen LogP contribution in [0.2, 0.25) is 5.15 Å². The maximum Gasteiger partial charge on any atom is 0.151 e. The average molecular weight is 261 g/mol. The van der Waals surface area contributed by atoms with Crippen molar-refractivity contribution >= 4 is 11.6 Å². The number of rotatable bonds is 3. The van der Waals surface area contributed by atoms with Crippen LogP contribution in [-0.4, -0.2) is 10.2 Å². The standard InChI is InChI=1S/C14H13ClN2O/c15-14-7-5-12(16-17-14)9-18-13-6-4-10-2-1-3-11(10)8-13/h4-8H,1-3,9H2. The normalized spacial score (nSPS) is 13.4. The van der Waals surface area contributed by atoms with Crippen LogP contribution in [-0.2, 0) is 19.4 Å². The Morgan fingerprint density at radius 1 is 1.06 bits per heavy atom. The van der Waals surface area contributed by atoms with Crippen LogP contribution in [0.5, 0.6) is 5.75 Å². The molecule has 0 aliphatic heterocycles. The molecule has 0 spiro atoms. The molecule has 0 atom stereocenters. The van der Waals surface area contributed by atoms with Crippen LogP contribution in [0.15, 0.2) is 30.3 Å². The molecule has 0 fully saturated rings. The second kappa shape index (κ2) is 4.94. The van der Waals surface area contributed by atoms with Crippen LogP contribution in [0.1, 0.15) is 23.2 Å². The minimum absolute atomic E-state index is 0.399. The van der Waals surface area contributed by atoms with E-state index in [2.05, 4.69) is 22.3 Å². The number of ether oxygens (including phenoxy) is 1. The number of halogens is 1. The summed E-state index contributed by atoms with van der Waals surface area (Å²) in [5.74, 6) is 0.896. The van der Waals surface area contributed by atoms with E-state index < -0.39 is 0 Å². The largest absolute Gasteiger partial charge is 0.487 e. The minimum atomic E-state index is 0.399. The first-order valence-electron chi connectivity index (χ1n) is 6.04. The summed E-state index contributed by atoms with van der Waals surface area (Å²) >= 11 is 5.68. The Kier molecular flexibility index (Phi) is 3.15. The van der Waals surface area contributed by atoms with Gasteiger partial charge >= 0.3 is 0 Å². The zero-order valence-electron chi connectivity index (χ0n) is 9.90. The molecule has 1 aromatic carbocycles. The fourth-order valence-corrected chi connectivity index (χ4v) is 2.32. The fourth-order valence-electron chi connectivity index (χ4n) is 2.22. The fraction of sp³-hybridized carbons (Fsp3) is 0.286. The number of fused-ring (bicyclic) bond motifs is 1. The molecule has 1 heterocycles. The third kappa shape index (κ3) is 2.46. The van der Waals surface area contributed by atoms with Crippen molar-refractivity contribution in [2.45, 2.75) is 25.9 Å². The highest BCUT2D eigenvalue weighted by atomic mass is 35.5. The molecule has 18 heavy (non-hydrogen) atoms. The number of benzene rings is 1. The van der Waals surface area contributed by atoms with Crippen LogP contribution in [0.25, 0.3) is 0 Å². The lowest BCUT2D eigenvalue weighted by Crippen LogP contribution is -2.00. The van der Waals surface area contributed by atoms with Gasteiger partial charge in [-0.2, -0.15) is 5.10 Å². The molecule has 0 radical (unpaired) electrons. The summed E-state index contributed by atoms with van der Waals surface area (Å²) in [7, 11) is 0. The molecule has 1 aromatic heterocycles. The maximum absolute atomic E-state index is 5.71. The lowest BCUT2D eigenvalue weighted by atomic mass is 10.1. The molecule has 0 unspecified atom stereocenters. The highest BCUT2D eigenvalue weighted by Crippen LogP contribution is 2.26. The Morgan fingerprint density at radius 2 is 1.94 bits per heavy atom. The van der Waals surface area contributed by atoms with Gasteiger partial charge < -0.3 is 4.74 Å². The van der Waals surface area contributed by atoms with Crippen molar-refractivity contribution in [3.8, 4) is 5.75 Å². The van der Waals surface area contributed by atoms with Gasteiger partial charge in [0.1, 0.15) is 18.1 Å². The smallest absolute Gasteiger partial charge is 0.151 e. The number of hydrogen-bond donors (Lipinski definition) is 0. The first-order chi connectivity index (χ1) is 8.81. The molecule has 2 aromatic rings. The first-order valence-corrected chi connectivity index (χ1v) is 6.42. The van der Waals surface area contributed by atoms with E-state index in [0.29, 0.717) is 11.8 Å². The Bertz CT molecular complexity index is 554. The van der Waals surface area contributed by atoms with Crippen LogP contribution in [0.3, 0.4) is 0 Å². The molecule has 0 saturated heterocycles. The predicted molar refractivity (Wildman–Crippen MR) is 69.8 cm³/mol. The zero-order chi connectivity index (χ0) is 12.4. The van der Waals surface area contributed by atoms with Crippen LogP contribution < -0.4 is 4.74 Å². The molecule has 0 amide bonds. The number of hydrogen-bond acceptors (Lipinski definition) is 3. The van der Waals surface area contributed by atoms with E-state index >= 15 is 0 Å². The highest BCUT2D eigenvalue weighted by Gasteiger charge is 2.11. The average Bonchev–Trinajstić information content (AvgIpc) is 2.85. The predicted octanol–water partition coefficient (Wildman–Crippen LogP) is 3.20. The minimum Gasteiger partial charge on any atom is -0.487 e. The van der Waals surface area contributed by atoms with Gasteiger partial charge in [0, 0.05) is 0 Å². The van der Waals surface area contributed by atoms with Gasteiger partial charge in [0.2, 0.25) is 0 Å². The lowest BCUT2D eigenvalue weighted by molar-refractivity contribution is 0.299. The molecule has 1 aliphatic rings. The van der Waals surface area contributed by atoms with Crippen molar-refractivity contribution in [2.24, 2.45) is 0 Å². The van der Waals surface area contributed by atoms with Gasteiger partial charge in [-0.1, -0.05) is 17.7 Å². The molecule has 3 nitrogen and oxygen atoms in total. The topological polar surface area (TPSA) is 35.0 Å². The van der Waals surface area contributed by atoms with Crippen molar-refractivity contribution in [1.82, 2.24) is 10.2 Å². The van der Waals surface area contributed by atoms with Gasteiger partial charge in [-0.25, -0.2) is 0 Å². The van der Waals surface area contributed by atoms with Gasteiger partial charge in [0.25, 0.3) is 0 Å². The van der Waals surface area contributed by atoms with E-state index in [-0.39, 0.29) is 0 Å². The van der Waals surface area contributed by atoms with E-state index in [1.165, 1.54) is 24.0 Å². The van der Waals surface area contributed by atoms with E-state index in [4.69, 9.17) is 16.3 Å².